The Hall–Kier alpha value is -3.20. The summed E-state index contributed by atoms with van der Waals surface area (Å²) in [6.07, 6.45) is -0.364. The van der Waals surface area contributed by atoms with Crippen LogP contribution in [-0.2, 0) is 9.59 Å². The van der Waals surface area contributed by atoms with Crippen molar-refractivity contribution in [3.8, 4) is 6.07 Å². The van der Waals surface area contributed by atoms with Gasteiger partial charge in [-0.25, -0.2) is 4.39 Å². The highest BCUT2D eigenvalue weighted by Crippen LogP contribution is 2.16. The molecule has 0 atom stereocenters. The van der Waals surface area contributed by atoms with Crippen molar-refractivity contribution in [1.82, 2.24) is 0 Å². The molecular weight excluding hydrogens is 297 g/mol. The Morgan fingerprint density at radius 2 is 1.74 bits per heavy atom. The zero-order chi connectivity index (χ0) is 16.8. The van der Waals surface area contributed by atoms with Gasteiger partial charge in [-0.15, -0.1) is 0 Å². The fourth-order valence-electron chi connectivity index (χ4n) is 1.94. The molecule has 0 spiro atoms. The average molecular weight is 311 g/mol. The third-order valence-corrected chi connectivity index (χ3v) is 3.08. The van der Waals surface area contributed by atoms with E-state index in [0.717, 1.165) is 0 Å². The summed E-state index contributed by atoms with van der Waals surface area (Å²) in [5, 5.41) is 13.8. The quantitative estimate of drug-likeness (QED) is 0.852. The molecule has 0 unspecified atom stereocenters. The number of carbonyl (C=O) groups is 2. The molecule has 6 heteroatoms. The minimum atomic E-state index is -0.495. The van der Waals surface area contributed by atoms with Crippen LogP contribution in [0.3, 0.4) is 0 Å². The van der Waals surface area contributed by atoms with Crippen LogP contribution in [0.25, 0.3) is 0 Å². The zero-order valence-electron chi connectivity index (χ0n) is 12.4. The first kappa shape index (κ1) is 16.2. The number of benzene rings is 2. The average Bonchev–Trinajstić information content (AvgIpc) is 2.50. The Kier molecular flexibility index (Phi) is 5.05. The predicted octanol–water partition coefficient (Wildman–Crippen LogP) is 2.97. The number of hydrogen-bond acceptors (Lipinski definition) is 3. The summed E-state index contributed by atoms with van der Waals surface area (Å²) in [6, 6.07) is 12.2. The SMILES string of the molecule is Cc1cc(F)ccc1NC(=O)CC(=O)Nc1ccc(C#N)cc1. The maximum Gasteiger partial charge on any atom is 0.233 e. The van der Waals surface area contributed by atoms with Gasteiger partial charge in [0.05, 0.1) is 11.6 Å². The van der Waals surface area contributed by atoms with Crippen LogP contribution in [0.2, 0.25) is 0 Å². The van der Waals surface area contributed by atoms with E-state index in [9.17, 15) is 14.0 Å². The lowest BCUT2D eigenvalue weighted by Crippen LogP contribution is -2.21. The van der Waals surface area contributed by atoms with E-state index in [4.69, 9.17) is 5.26 Å². The summed E-state index contributed by atoms with van der Waals surface area (Å²) in [5.41, 5.74) is 2.01. The van der Waals surface area contributed by atoms with Gasteiger partial charge in [-0.2, -0.15) is 5.26 Å². The monoisotopic (exact) mass is 311 g/mol. The molecular formula is C17H14FN3O2. The molecule has 0 fully saturated rings. The van der Waals surface area contributed by atoms with Gasteiger partial charge in [0.2, 0.25) is 11.8 Å². The smallest absolute Gasteiger partial charge is 0.233 e. The minimum Gasteiger partial charge on any atom is -0.326 e. The van der Waals surface area contributed by atoms with E-state index in [1.54, 1.807) is 31.2 Å². The molecule has 2 amide bonds. The van der Waals surface area contributed by atoms with Crippen LogP contribution in [0.4, 0.5) is 15.8 Å². The summed E-state index contributed by atoms with van der Waals surface area (Å²) >= 11 is 0. The third-order valence-electron chi connectivity index (χ3n) is 3.08. The summed E-state index contributed by atoms with van der Waals surface area (Å²) in [6.45, 7) is 1.66. The Morgan fingerprint density at radius 1 is 1.09 bits per heavy atom. The molecule has 2 aromatic rings. The van der Waals surface area contributed by atoms with Gasteiger partial charge in [-0.05, 0) is 55.0 Å². The Morgan fingerprint density at radius 3 is 2.35 bits per heavy atom. The number of hydrogen-bond donors (Lipinski definition) is 2. The zero-order valence-corrected chi connectivity index (χ0v) is 12.4. The summed E-state index contributed by atoms with van der Waals surface area (Å²) < 4.78 is 13.0. The van der Waals surface area contributed by atoms with Crippen LogP contribution in [-0.4, -0.2) is 11.8 Å². The van der Waals surface area contributed by atoms with Gasteiger partial charge in [0.1, 0.15) is 12.2 Å². The number of nitrogens with one attached hydrogen (secondary N) is 2. The molecule has 116 valence electrons. The fraction of sp³-hybridized carbons (Fsp3) is 0.118. The molecule has 2 N–H and O–H groups in total. The molecule has 0 saturated carbocycles. The minimum absolute atomic E-state index is 0.364. The second-order valence-corrected chi connectivity index (χ2v) is 4.92. The molecule has 0 bridgehead atoms. The van der Waals surface area contributed by atoms with Crippen LogP contribution in [0.5, 0.6) is 0 Å². The highest BCUT2D eigenvalue weighted by atomic mass is 19.1. The van der Waals surface area contributed by atoms with Gasteiger partial charge in [0, 0.05) is 11.4 Å². The number of carbonyl (C=O) groups excluding carboxylic acids is 2. The van der Waals surface area contributed by atoms with Crippen molar-refractivity contribution in [2.24, 2.45) is 0 Å². The van der Waals surface area contributed by atoms with Crippen LogP contribution in [0.1, 0.15) is 17.5 Å². The van der Waals surface area contributed by atoms with Crippen molar-refractivity contribution in [1.29, 1.82) is 5.26 Å². The number of rotatable bonds is 4. The summed E-state index contributed by atoms with van der Waals surface area (Å²) in [5.74, 6) is -1.36. The van der Waals surface area contributed by atoms with Crippen LogP contribution < -0.4 is 10.6 Å². The topological polar surface area (TPSA) is 82.0 Å². The molecule has 2 aromatic carbocycles. The van der Waals surface area contributed by atoms with Gasteiger partial charge in [0.25, 0.3) is 0 Å². The third kappa shape index (κ3) is 4.64. The van der Waals surface area contributed by atoms with Crippen molar-refractivity contribution >= 4 is 23.2 Å². The highest BCUT2D eigenvalue weighted by molar-refractivity contribution is 6.08. The van der Waals surface area contributed by atoms with Crippen molar-refractivity contribution in [2.75, 3.05) is 10.6 Å². The lowest BCUT2D eigenvalue weighted by molar-refractivity contribution is -0.123. The van der Waals surface area contributed by atoms with Crippen molar-refractivity contribution < 1.29 is 14.0 Å². The van der Waals surface area contributed by atoms with E-state index < -0.39 is 11.8 Å². The Labute approximate surface area is 132 Å². The van der Waals surface area contributed by atoms with Crippen molar-refractivity contribution in [2.45, 2.75) is 13.3 Å². The summed E-state index contributed by atoms with van der Waals surface area (Å²) in [7, 11) is 0. The largest absolute Gasteiger partial charge is 0.326 e. The lowest BCUT2D eigenvalue weighted by atomic mass is 10.2. The maximum atomic E-state index is 13.0. The number of nitrogens with zero attached hydrogens (tertiary/aromatic N) is 1. The van der Waals surface area contributed by atoms with Crippen LogP contribution >= 0.6 is 0 Å². The van der Waals surface area contributed by atoms with E-state index in [0.29, 0.717) is 22.5 Å². The van der Waals surface area contributed by atoms with Crippen LogP contribution in [0.15, 0.2) is 42.5 Å². The molecule has 5 nitrogen and oxygen atoms in total. The summed E-state index contributed by atoms with van der Waals surface area (Å²) in [4.78, 5) is 23.7. The van der Waals surface area contributed by atoms with Crippen molar-refractivity contribution in [3.05, 3.63) is 59.4 Å². The van der Waals surface area contributed by atoms with Crippen LogP contribution in [0, 0.1) is 24.1 Å². The molecule has 0 heterocycles. The molecule has 0 saturated heterocycles. The number of anilines is 2. The lowest BCUT2D eigenvalue weighted by Gasteiger charge is -2.09. The molecule has 0 aliphatic carbocycles. The number of halogens is 1. The fourth-order valence-corrected chi connectivity index (χ4v) is 1.94. The second kappa shape index (κ2) is 7.18. The Bertz CT molecular complexity index is 779. The molecule has 2 rings (SSSR count). The number of aryl methyl sites for hydroxylation is 1. The number of nitriles is 1. The standard InChI is InChI=1S/C17H14FN3O2/c1-11-8-13(18)4-7-15(11)21-17(23)9-16(22)20-14-5-2-12(10-19)3-6-14/h2-8H,9H2,1H3,(H,20,22)(H,21,23). The van der Waals surface area contributed by atoms with Gasteiger partial charge in [0.15, 0.2) is 0 Å². The molecule has 0 aliphatic rings. The molecule has 0 radical (unpaired) electrons. The van der Waals surface area contributed by atoms with E-state index in [1.807, 2.05) is 6.07 Å². The first-order chi connectivity index (χ1) is 11.0. The van der Waals surface area contributed by atoms with Gasteiger partial charge in [-0.3, -0.25) is 9.59 Å². The normalized spacial score (nSPS) is 9.78. The number of amides is 2. The maximum absolute atomic E-state index is 13.0. The van der Waals surface area contributed by atoms with E-state index in [2.05, 4.69) is 10.6 Å². The Balaban J connectivity index is 1.91. The first-order valence-electron chi connectivity index (χ1n) is 6.84. The van der Waals surface area contributed by atoms with E-state index in [-0.39, 0.29) is 12.2 Å². The van der Waals surface area contributed by atoms with E-state index >= 15 is 0 Å². The van der Waals surface area contributed by atoms with E-state index in [1.165, 1.54) is 18.2 Å². The van der Waals surface area contributed by atoms with Gasteiger partial charge in [-0.1, -0.05) is 0 Å². The predicted molar refractivity (Wildman–Crippen MR) is 84.2 cm³/mol. The molecule has 23 heavy (non-hydrogen) atoms. The van der Waals surface area contributed by atoms with Crippen molar-refractivity contribution in [3.63, 3.8) is 0 Å². The molecule has 0 aromatic heterocycles. The molecule has 0 aliphatic heterocycles. The highest BCUT2D eigenvalue weighted by Gasteiger charge is 2.11. The van der Waals surface area contributed by atoms with Gasteiger partial charge < -0.3 is 10.6 Å². The van der Waals surface area contributed by atoms with Gasteiger partial charge >= 0.3 is 0 Å². The first-order valence-corrected chi connectivity index (χ1v) is 6.84. The second-order valence-electron chi connectivity index (χ2n) is 4.92.